The van der Waals surface area contributed by atoms with E-state index in [1.165, 1.54) is 35.9 Å². The summed E-state index contributed by atoms with van der Waals surface area (Å²) in [5.41, 5.74) is 2.21. The predicted molar refractivity (Wildman–Crippen MR) is 117 cm³/mol. The summed E-state index contributed by atoms with van der Waals surface area (Å²) in [5, 5.41) is 0. The number of thiocarbonyl (C=S) groups is 1. The smallest absolute Gasteiger partial charge is 0.267 e. The summed E-state index contributed by atoms with van der Waals surface area (Å²) >= 11 is 6.55. The van der Waals surface area contributed by atoms with E-state index in [-0.39, 0.29) is 11.8 Å². The second kappa shape index (κ2) is 8.85. The van der Waals surface area contributed by atoms with Crippen LogP contribution < -0.4 is 4.90 Å². The molecule has 27 heavy (non-hydrogen) atoms. The molecule has 4 nitrogen and oxygen atoms in total. The molecule has 2 amide bonds. The fraction of sp³-hybridized carbons (Fsp3) is 0.381. The second-order valence-electron chi connectivity index (χ2n) is 6.66. The number of nitrogens with zero attached hydrogens (tertiary/aromatic N) is 2. The van der Waals surface area contributed by atoms with Crippen molar-refractivity contribution in [2.75, 3.05) is 18.0 Å². The van der Waals surface area contributed by atoms with Crippen LogP contribution >= 0.6 is 24.0 Å². The van der Waals surface area contributed by atoms with Crippen LogP contribution in [-0.4, -0.2) is 34.1 Å². The Bertz CT molecular complexity index is 816. The SMILES string of the molecule is C=CCN1C(=O)/C(=C2/C(=O)N(CCCCCCC)c3ccccc32)SC1=S. The van der Waals surface area contributed by atoms with Crippen molar-refractivity contribution >= 4 is 51.4 Å². The van der Waals surface area contributed by atoms with E-state index in [2.05, 4.69) is 13.5 Å². The van der Waals surface area contributed by atoms with Crippen LogP contribution in [0.3, 0.4) is 0 Å². The topological polar surface area (TPSA) is 40.6 Å². The third-order valence-electron chi connectivity index (χ3n) is 4.80. The average molecular weight is 401 g/mol. The summed E-state index contributed by atoms with van der Waals surface area (Å²) in [5.74, 6) is -0.293. The van der Waals surface area contributed by atoms with Gasteiger partial charge >= 0.3 is 0 Å². The van der Waals surface area contributed by atoms with Crippen LogP contribution in [0.4, 0.5) is 5.69 Å². The molecule has 0 aromatic heterocycles. The van der Waals surface area contributed by atoms with Crippen molar-refractivity contribution in [3.63, 3.8) is 0 Å². The molecular weight excluding hydrogens is 376 g/mol. The molecule has 0 bridgehead atoms. The third-order valence-corrected chi connectivity index (χ3v) is 6.24. The first-order valence-electron chi connectivity index (χ1n) is 9.40. The van der Waals surface area contributed by atoms with Gasteiger partial charge in [0.05, 0.1) is 16.2 Å². The Morgan fingerprint density at radius 3 is 2.56 bits per heavy atom. The molecule has 2 aliphatic heterocycles. The first-order valence-corrected chi connectivity index (χ1v) is 10.6. The summed E-state index contributed by atoms with van der Waals surface area (Å²) in [6.45, 7) is 6.91. The van der Waals surface area contributed by atoms with Gasteiger partial charge in [0, 0.05) is 18.7 Å². The first kappa shape index (κ1) is 19.8. The fourth-order valence-corrected chi connectivity index (χ4v) is 4.78. The van der Waals surface area contributed by atoms with Crippen LogP contribution in [0.15, 0.2) is 41.8 Å². The number of para-hydroxylation sites is 1. The van der Waals surface area contributed by atoms with Gasteiger partial charge < -0.3 is 4.90 Å². The Morgan fingerprint density at radius 1 is 1.07 bits per heavy atom. The molecule has 2 aliphatic rings. The van der Waals surface area contributed by atoms with E-state index >= 15 is 0 Å². The molecule has 1 aromatic carbocycles. The molecule has 1 fully saturated rings. The van der Waals surface area contributed by atoms with E-state index in [0.717, 1.165) is 24.1 Å². The van der Waals surface area contributed by atoms with E-state index in [9.17, 15) is 9.59 Å². The summed E-state index contributed by atoms with van der Waals surface area (Å²) in [7, 11) is 0. The number of benzene rings is 1. The maximum absolute atomic E-state index is 13.2. The van der Waals surface area contributed by atoms with E-state index in [0.29, 0.717) is 27.9 Å². The van der Waals surface area contributed by atoms with Crippen LogP contribution in [0.1, 0.15) is 44.6 Å². The Balaban J connectivity index is 1.89. The lowest BCUT2D eigenvalue weighted by atomic mass is 10.1. The summed E-state index contributed by atoms with van der Waals surface area (Å²) in [6.07, 6.45) is 7.32. The molecule has 142 valence electrons. The van der Waals surface area contributed by atoms with Gasteiger partial charge in [0.1, 0.15) is 4.32 Å². The number of unbranched alkanes of at least 4 members (excludes halogenated alkanes) is 4. The van der Waals surface area contributed by atoms with Crippen molar-refractivity contribution in [3.8, 4) is 0 Å². The van der Waals surface area contributed by atoms with E-state index in [1.54, 1.807) is 6.08 Å². The van der Waals surface area contributed by atoms with Crippen LogP contribution in [0.5, 0.6) is 0 Å². The zero-order chi connectivity index (χ0) is 19.4. The molecule has 1 saturated heterocycles. The lowest BCUT2D eigenvalue weighted by molar-refractivity contribution is -0.122. The minimum absolute atomic E-state index is 0.0919. The summed E-state index contributed by atoms with van der Waals surface area (Å²) < 4.78 is 0.477. The van der Waals surface area contributed by atoms with Gasteiger partial charge in [0.15, 0.2) is 0 Å². The average Bonchev–Trinajstić information content (AvgIpc) is 3.09. The Morgan fingerprint density at radius 2 is 1.81 bits per heavy atom. The van der Waals surface area contributed by atoms with Crippen molar-refractivity contribution < 1.29 is 9.59 Å². The van der Waals surface area contributed by atoms with Crippen molar-refractivity contribution in [3.05, 3.63) is 47.4 Å². The van der Waals surface area contributed by atoms with Gasteiger partial charge in [-0.2, -0.15) is 0 Å². The Kier molecular flexibility index (Phi) is 6.50. The number of amides is 2. The zero-order valence-electron chi connectivity index (χ0n) is 15.6. The lowest BCUT2D eigenvalue weighted by Crippen LogP contribution is -2.30. The number of carbonyl (C=O) groups excluding carboxylic acids is 2. The highest BCUT2D eigenvalue weighted by atomic mass is 32.2. The van der Waals surface area contributed by atoms with E-state index in [1.807, 2.05) is 29.2 Å². The quantitative estimate of drug-likeness (QED) is 0.273. The van der Waals surface area contributed by atoms with E-state index in [4.69, 9.17) is 12.2 Å². The van der Waals surface area contributed by atoms with Crippen LogP contribution in [0.25, 0.3) is 5.57 Å². The molecule has 0 spiro atoms. The number of rotatable bonds is 8. The molecule has 0 unspecified atom stereocenters. The van der Waals surface area contributed by atoms with E-state index < -0.39 is 0 Å². The molecule has 1 aromatic rings. The number of hydrogen-bond acceptors (Lipinski definition) is 4. The summed E-state index contributed by atoms with van der Waals surface area (Å²) in [4.78, 5) is 29.8. The highest BCUT2D eigenvalue weighted by Gasteiger charge is 2.41. The van der Waals surface area contributed by atoms with Crippen molar-refractivity contribution in [2.24, 2.45) is 0 Å². The van der Waals surface area contributed by atoms with Gasteiger partial charge in [0.25, 0.3) is 11.8 Å². The van der Waals surface area contributed by atoms with Crippen LogP contribution in [0.2, 0.25) is 0 Å². The first-order chi connectivity index (χ1) is 13.1. The Hall–Kier alpha value is -1.92. The molecule has 0 saturated carbocycles. The van der Waals surface area contributed by atoms with Gasteiger partial charge in [-0.05, 0) is 12.5 Å². The number of thioether (sulfide) groups is 1. The normalized spacial score (nSPS) is 19.2. The van der Waals surface area contributed by atoms with Gasteiger partial charge in [0.2, 0.25) is 0 Å². The number of fused-ring (bicyclic) bond motifs is 1. The third kappa shape index (κ3) is 3.87. The van der Waals surface area contributed by atoms with Crippen LogP contribution in [-0.2, 0) is 9.59 Å². The largest absolute Gasteiger partial charge is 0.308 e. The molecule has 0 radical (unpaired) electrons. The highest BCUT2D eigenvalue weighted by Crippen LogP contribution is 2.44. The van der Waals surface area contributed by atoms with Crippen molar-refractivity contribution in [1.29, 1.82) is 0 Å². The molecule has 0 atom stereocenters. The highest BCUT2D eigenvalue weighted by molar-refractivity contribution is 8.26. The summed E-state index contributed by atoms with van der Waals surface area (Å²) in [6, 6.07) is 7.71. The molecule has 6 heteroatoms. The van der Waals surface area contributed by atoms with Crippen molar-refractivity contribution in [1.82, 2.24) is 4.90 Å². The maximum Gasteiger partial charge on any atom is 0.267 e. The maximum atomic E-state index is 13.2. The minimum Gasteiger partial charge on any atom is -0.308 e. The van der Waals surface area contributed by atoms with Gasteiger partial charge in [-0.25, -0.2) is 0 Å². The number of anilines is 1. The molecule has 3 rings (SSSR count). The minimum atomic E-state index is -0.201. The molecule has 0 N–H and O–H groups in total. The van der Waals surface area contributed by atoms with Gasteiger partial charge in [-0.3, -0.25) is 14.5 Å². The van der Waals surface area contributed by atoms with Gasteiger partial charge in [-0.1, -0.05) is 80.9 Å². The Labute approximate surface area is 170 Å². The van der Waals surface area contributed by atoms with Gasteiger partial charge in [-0.15, -0.1) is 6.58 Å². The standard InChI is InChI=1S/C21H24N2O2S2/c1-3-5-6-7-10-14-22-16-12-9-8-11-15(16)17(19(22)24)18-20(25)23(13-4-2)21(26)27-18/h4,8-9,11-12H,2-3,5-7,10,13-14H2,1H3/b18-17-. The lowest BCUT2D eigenvalue weighted by Gasteiger charge is -2.17. The number of hydrogen-bond donors (Lipinski definition) is 0. The molecule has 0 aliphatic carbocycles. The second-order valence-corrected chi connectivity index (χ2v) is 8.31. The molecular formula is C21H24N2O2S2. The molecule has 2 heterocycles. The van der Waals surface area contributed by atoms with Crippen molar-refractivity contribution in [2.45, 2.75) is 39.0 Å². The zero-order valence-corrected chi connectivity index (χ0v) is 17.2. The predicted octanol–water partition coefficient (Wildman–Crippen LogP) is 4.76. The van der Waals surface area contributed by atoms with Crippen LogP contribution in [0, 0.1) is 0 Å². The number of carbonyl (C=O) groups is 2. The fourth-order valence-electron chi connectivity index (χ4n) is 3.43. The monoisotopic (exact) mass is 400 g/mol.